The maximum absolute atomic E-state index is 6.42. The lowest BCUT2D eigenvalue weighted by atomic mass is 9.86. The molecule has 1 aliphatic carbocycles. The van der Waals surface area contributed by atoms with Crippen LogP contribution >= 0.6 is 0 Å². The van der Waals surface area contributed by atoms with Crippen molar-refractivity contribution in [3.8, 4) is 0 Å². The van der Waals surface area contributed by atoms with E-state index in [9.17, 15) is 0 Å². The van der Waals surface area contributed by atoms with Gasteiger partial charge in [-0.3, -0.25) is 4.90 Å². The molecule has 2 nitrogen and oxygen atoms in total. The summed E-state index contributed by atoms with van der Waals surface area (Å²) < 4.78 is 0. The smallest absolute Gasteiger partial charge is 0.0257 e. The molecule has 2 rings (SSSR count). The van der Waals surface area contributed by atoms with Crippen LogP contribution in [0.2, 0.25) is 0 Å². The molecule has 15 heavy (non-hydrogen) atoms. The maximum Gasteiger partial charge on any atom is 0.0257 e. The molecule has 0 spiro atoms. The van der Waals surface area contributed by atoms with E-state index in [1.165, 1.54) is 32.2 Å². The van der Waals surface area contributed by atoms with Crippen LogP contribution in [-0.2, 0) is 0 Å². The Labute approximate surface area is 94.2 Å². The molecule has 1 aliphatic heterocycles. The first-order valence-corrected chi connectivity index (χ1v) is 6.37. The predicted octanol–water partition coefficient (Wildman–Crippen LogP) is 2.38. The summed E-state index contributed by atoms with van der Waals surface area (Å²) in [5, 5.41) is 0. The minimum absolute atomic E-state index is 0.337. The fourth-order valence-corrected chi connectivity index (χ4v) is 3.48. The summed E-state index contributed by atoms with van der Waals surface area (Å²) in [4.78, 5) is 2.67. The molecular weight excluding hydrogens is 184 g/mol. The monoisotopic (exact) mass is 210 g/mol. The van der Waals surface area contributed by atoms with Gasteiger partial charge in [0.1, 0.15) is 0 Å². The van der Waals surface area contributed by atoms with Crippen LogP contribution in [0.1, 0.15) is 53.4 Å². The fourth-order valence-electron chi connectivity index (χ4n) is 3.48. The van der Waals surface area contributed by atoms with Gasteiger partial charge in [0.2, 0.25) is 0 Å². The predicted molar refractivity (Wildman–Crippen MR) is 64.8 cm³/mol. The van der Waals surface area contributed by atoms with Crippen LogP contribution in [0.3, 0.4) is 0 Å². The van der Waals surface area contributed by atoms with Crippen molar-refractivity contribution in [1.29, 1.82) is 0 Å². The summed E-state index contributed by atoms with van der Waals surface area (Å²) in [6, 6.07) is 0.979. The molecule has 0 radical (unpaired) electrons. The number of nitrogens with zero attached hydrogens (tertiary/aromatic N) is 1. The Morgan fingerprint density at radius 3 is 2.20 bits per heavy atom. The van der Waals surface area contributed by atoms with Crippen LogP contribution in [0.15, 0.2) is 0 Å². The molecule has 2 N–H and O–H groups in total. The maximum atomic E-state index is 6.42. The first kappa shape index (κ1) is 11.4. The van der Waals surface area contributed by atoms with E-state index in [1.54, 1.807) is 0 Å². The van der Waals surface area contributed by atoms with Gasteiger partial charge in [-0.2, -0.15) is 0 Å². The Bertz CT molecular complexity index is 245. The van der Waals surface area contributed by atoms with E-state index in [0.717, 1.165) is 0 Å². The van der Waals surface area contributed by atoms with Crippen molar-refractivity contribution in [2.45, 2.75) is 71.0 Å². The molecule has 0 amide bonds. The number of hydrogen-bond donors (Lipinski definition) is 1. The van der Waals surface area contributed by atoms with Crippen LogP contribution in [0.25, 0.3) is 0 Å². The van der Waals surface area contributed by atoms with Gasteiger partial charge in [0.25, 0.3) is 0 Å². The molecule has 1 heterocycles. The molecule has 1 saturated heterocycles. The van der Waals surface area contributed by atoms with E-state index in [1.807, 2.05) is 0 Å². The second kappa shape index (κ2) is 3.46. The highest BCUT2D eigenvalue weighted by molar-refractivity contribution is 5.04. The first-order valence-electron chi connectivity index (χ1n) is 6.37. The summed E-state index contributed by atoms with van der Waals surface area (Å²) >= 11 is 0. The Kier molecular flexibility index (Phi) is 2.63. The average molecular weight is 210 g/mol. The largest absolute Gasteiger partial charge is 0.326 e. The summed E-state index contributed by atoms with van der Waals surface area (Å²) in [6.45, 7) is 10.6. The second-order valence-electron chi connectivity index (χ2n) is 6.73. The van der Waals surface area contributed by atoms with Gasteiger partial charge in [0.05, 0.1) is 0 Å². The lowest BCUT2D eigenvalue weighted by Gasteiger charge is -2.40. The minimum atomic E-state index is 0.337. The lowest BCUT2D eigenvalue weighted by molar-refractivity contribution is 0.0974. The third-order valence-corrected chi connectivity index (χ3v) is 4.77. The van der Waals surface area contributed by atoms with Gasteiger partial charge in [-0.25, -0.2) is 0 Å². The van der Waals surface area contributed by atoms with Gasteiger partial charge in [0.15, 0.2) is 0 Å². The SMILES string of the molecule is CC1(C)CCC(N2CCCC2(C)C)C1N. The number of hydrogen-bond acceptors (Lipinski definition) is 2. The highest BCUT2D eigenvalue weighted by Gasteiger charge is 2.47. The van der Waals surface area contributed by atoms with Crippen LogP contribution in [0, 0.1) is 5.41 Å². The standard InChI is InChI=1S/C13H26N2/c1-12(2)8-6-10(11(12)14)15-9-5-7-13(15,3)4/h10-11H,5-9,14H2,1-4H3. The molecule has 2 atom stereocenters. The summed E-state index contributed by atoms with van der Waals surface area (Å²) in [5.41, 5.74) is 7.13. The molecule has 2 unspecified atom stereocenters. The summed E-state index contributed by atoms with van der Waals surface area (Å²) in [7, 11) is 0. The van der Waals surface area contributed by atoms with Crippen LogP contribution in [0.5, 0.6) is 0 Å². The lowest BCUT2D eigenvalue weighted by Crippen LogP contribution is -2.53. The van der Waals surface area contributed by atoms with Crippen LogP contribution in [0.4, 0.5) is 0 Å². The quantitative estimate of drug-likeness (QED) is 0.720. The van der Waals surface area contributed by atoms with Gasteiger partial charge >= 0.3 is 0 Å². The average Bonchev–Trinajstić information content (AvgIpc) is 2.56. The van der Waals surface area contributed by atoms with E-state index < -0.39 is 0 Å². The van der Waals surface area contributed by atoms with E-state index in [-0.39, 0.29) is 0 Å². The molecule has 0 aromatic rings. The molecule has 0 bridgehead atoms. The Hall–Kier alpha value is -0.0800. The van der Waals surface area contributed by atoms with Gasteiger partial charge < -0.3 is 5.73 Å². The van der Waals surface area contributed by atoms with Crippen molar-refractivity contribution in [2.75, 3.05) is 6.54 Å². The Morgan fingerprint density at radius 2 is 1.80 bits per heavy atom. The molecule has 88 valence electrons. The topological polar surface area (TPSA) is 29.3 Å². The highest BCUT2D eigenvalue weighted by atomic mass is 15.3. The molecule has 2 fully saturated rings. The third kappa shape index (κ3) is 1.83. The normalized spacial score (nSPS) is 39.8. The number of nitrogens with two attached hydrogens (primary N) is 1. The molecule has 2 aliphatic rings. The first-order chi connectivity index (χ1) is 6.84. The van der Waals surface area contributed by atoms with Crippen LogP contribution < -0.4 is 5.73 Å². The summed E-state index contributed by atoms with van der Waals surface area (Å²) in [5.74, 6) is 0. The van der Waals surface area contributed by atoms with Gasteiger partial charge in [-0.1, -0.05) is 13.8 Å². The van der Waals surface area contributed by atoms with Gasteiger partial charge in [-0.15, -0.1) is 0 Å². The van der Waals surface area contributed by atoms with Crippen molar-refractivity contribution in [1.82, 2.24) is 4.90 Å². The van der Waals surface area contributed by atoms with Crippen molar-refractivity contribution in [3.05, 3.63) is 0 Å². The Morgan fingerprint density at radius 1 is 1.13 bits per heavy atom. The zero-order chi connectivity index (χ0) is 11.3. The zero-order valence-electron chi connectivity index (χ0n) is 10.7. The molecular formula is C13H26N2. The molecule has 1 saturated carbocycles. The van der Waals surface area contributed by atoms with E-state index in [2.05, 4.69) is 32.6 Å². The molecule has 0 aromatic heterocycles. The van der Waals surface area contributed by atoms with E-state index >= 15 is 0 Å². The van der Waals surface area contributed by atoms with Crippen molar-refractivity contribution < 1.29 is 0 Å². The van der Waals surface area contributed by atoms with Crippen molar-refractivity contribution in [3.63, 3.8) is 0 Å². The molecule has 2 heteroatoms. The van der Waals surface area contributed by atoms with Crippen molar-refractivity contribution >= 4 is 0 Å². The highest BCUT2D eigenvalue weighted by Crippen LogP contribution is 2.43. The van der Waals surface area contributed by atoms with E-state index in [0.29, 0.717) is 23.0 Å². The van der Waals surface area contributed by atoms with Gasteiger partial charge in [-0.05, 0) is 51.5 Å². The van der Waals surface area contributed by atoms with Crippen LogP contribution in [-0.4, -0.2) is 29.1 Å². The molecule has 0 aromatic carbocycles. The van der Waals surface area contributed by atoms with Crippen molar-refractivity contribution in [2.24, 2.45) is 11.1 Å². The third-order valence-electron chi connectivity index (χ3n) is 4.77. The zero-order valence-corrected chi connectivity index (χ0v) is 10.7. The summed E-state index contributed by atoms with van der Waals surface area (Å²) in [6.07, 6.45) is 5.25. The number of rotatable bonds is 1. The fraction of sp³-hybridized carbons (Fsp3) is 1.00. The van der Waals surface area contributed by atoms with Gasteiger partial charge in [0, 0.05) is 17.6 Å². The Balaban J connectivity index is 2.13. The second-order valence-corrected chi connectivity index (χ2v) is 6.73. The number of likely N-dealkylation sites (tertiary alicyclic amines) is 1. The van der Waals surface area contributed by atoms with E-state index in [4.69, 9.17) is 5.73 Å². The minimum Gasteiger partial charge on any atom is -0.326 e.